The van der Waals surface area contributed by atoms with Crippen molar-refractivity contribution >= 4 is 34.5 Å². The fourth-order valence-electron chi connectivity index (χ4n) is 2.24. The molecular weight excluding hydrogens is 348 g/mol. The van der Waals surface area contributed by atoms with Gasteiger partial charge in [0.15, 0.2) is 17.5 Å². The van der Waals surface area contributed by atoms with Gasteiger partial charge in [0.25, 0.3) is 0 Å². The summed E-state index contributed by atoms with van der Waals surface area (Å²) in [6.45, 7) is 0.384. The van der Waals surface area contributed by atoms with E-state index in [1.165, 1.54) is 11.3 Å². The maximum absolute atomic E-state index is 13.8. The van der Waals surface area contributed by atoms with Crippen LogP contribution in [-0.2, 0) is 6.54 Å². The molecule has 0 spiro atoms. The number of aromatic amines is 1. The van der Waals surface area contributed by atoms with Crippen LogP contribution in [0, 0.1) is 5.82 Å². The lowest BCUT2D eigenvalue weighted by atomic mass is 10.3. The average molecular weight is 358 g/mol. The molecule has 3 heterocycles. The third kappa shape index (κ3) is 2.53. The van der Waals surface area contributed by atoms with E-state index in [0.717, 1.165) is 30.4 Å². The summed E-state index contributed by atoms with van der Waals surface area (Å²) in [4.78, 5) is 4.48. The average Bonchev–Trinajstić information content (AvgIpc) is 2.99. The van der Waals surface area contributed by atoms with Crippen molar-refractivity contribution in [2.45, 2.75) is 25.3 Å². The molecule has 3 aromatic rings. The molecule has 114 valence electrons. The molecule has 0 saturated heterocycles. The Labute approximate surface area is 139 Å². The molecule has 5 nitrogen and oxygen atoms in total. The third-order valence-electron chi connectivity index (χ3n) is 3.49. The topological polar surface area (TPSA) is 59.4 Å². The van der Waals surface area contributed by atoms with Gasteiger partial charge in [-0.25, -0.2) is 14.1 Å². The third-order valence-corrected chi connectivity index (χ3v) is 5.06. The Morgan fingerprint density at radius 3 is 2.82 bits per heavy atom. The van der Waals surface area contributed by atoms with E-state index in [4.69, 9.17) is 23.2 Å². The van der Waals surface area contributed by atoms with Crippen LogP contribution in [0.3, 0.4) is 0 Å². The molecule has 9 heteroatoms. The van der Waals surface area contributed by atoms with Crippen LogP contribution in [0.4, 0.5) is 4.39 Å². The standard InChI is InChI=1S/C13H10Cl2FN5S/c14-9-3-7(11(15)22-9)5-21-13(10-8(16)4-17-19-10)18-12(20-21)6-1-2-6/h3-4,6H,1-2,5H2,(H,17,19). The van der Waals surface area contributed by atoms with E-state index in [1.54, 1.807) is 10.7 Å². The number of nitrogens with one attached hydrogen (secondary N) is 1. The second-order valence-electron chi connectivity index (χ2n) is 5.17. The van der Waals surface area contributed by atoms with Crippen LogP contribution in [0.25, 0.3) is 11.5 Å². The van der Waals surface area contributed by atoms with Crippen molar-refractivity contribution in [3.63, 3.8) is 0 Å². The van der Waals surface area contributed by atoms with Crippen molar-refractivity contribution in [2.24, 2.45) is 0 Å². The van der Waals surface area contributed by atoms with E-state index in [9.17, 15) is 4.39 Å². The van der Waals surface area contributed by atoms with Crippen molar-refractivity contribution in [2.75, 3.05) is 0 Å². The molecule has 3 aromatic heterocycles. The Morgan fingerprint density at radius 1 is 1.41 bits per heavy atom. The van der Waals surface area contributed by atoms with Crippen molar-refractivity contribution in [1.29, 1.82) is 0 Å². The lowest BCUT2D eigenvalue weighted by Gasteiger charge is -2.03. The summed E-state index contributed by atoms with van der Waals surface area (Å²) < 4.78 is 16.7. The minimum atomic E-state index is -0.453. The quantitative estimate of drug-likeness (QED) is 0.764. The van der Waals surface area contributed by atoms with Crippen LogP contribution in [0.5, 0.6) is 0 Å². The molecule has 1 aliphatic carbocycles. The molecule has 0 aliphatic heterocycles. The van der Waals surface area contributed by atoms with Crippen LogP contribution < -0.4 is 0 Å². The molecule has 0 aromatic carbocycles. The van der Waals surface area contributed by atoms with E-state index in [1.807, 2.05) is 0 Å². The van der Waals surface area contributed by atoms with Crippen molar-refractivity contribution in [3.05, 3.63) is 38.1 Å². The molecule has 1 saturated carbocycles. The predicted molar refractivity (Wildman–Crippen MR) is 83.0 cm³/mol. The number of hydrogen-bond donors (Lipinski definition) is 1. The Balaban J connectivity index is 1.77. The molecule has 4 rings (SSSR count). The summed E-state index contributed by atoms with van der Waals surface area (Å²) in [7, 11) is 0. The van der Waals surface area contributed by atoms with Crippen molar-refractivity contribution in [1.82, 2.24) is 25.0 Å². The van der Waals surface area contributed by atoms with Gasteiger partial charge in [0.1, 0.15) is 5.69 Å². The largest absolute Gasteiger partial charge is 0.272 e. The van der Waals surface area contributed by atoms with Crippen LogP contribution in [-0.4, -0.2) is 25.0 Å². The number of hydrogen-bond acceptors (Lipinski definition) is 4. The minimum absolute atomic E-state index is 0.233. The van der Waals surface area contributed by atoms with E-state index in [-0.39, 0.29) is 5.69 Å². The molecule has 1 N–H and O–H groups in total. The lowest BCUT2D eigenvalue weighted by molar-refractivity contribution is 0.624. The molecular formula is C13H10Cl2FN5S. The smallest absolute Gasteiger partial charge is 0.179 e. The highest BCUT2D eigenvalue weighted by Gasteiger charge is 2.30. The summed E-state index contributed by atoms with van der Waals surface area (Å²) in [6.07, 6.45) is 3.26. The first-order valence-electron chi connectivity index (χ1n) is 6.69. The molecule has 1 fully saturated rings. The van der Waals surface area contributed by atoms with Gasteiger partial charge in [-0.05, 0) is 18.9 Å². The van der Waals surface area contributed by atoms with Gasteiger partial charge in [-0.15, -0.1) is 11.3 Å². The lowest BCUT2D eigenvalue weighted by Crippen LogP contribution is -2.05. The number of nitrogens with zero attached hydrogens (tertiary/aromatic N) is 4. The van der Waals surface area contributed by atoms with E-state index < -0.39 is 5.82 Å². The second-order valence-corrected chi connectivity index (χ2v) is 7.45. The Morgan fingerprint density at radius 2 is 2.23 bits per heavy atom. The van der Waals surface area contributed by atoms with Crippen LogP contribution in [0.1, 0.15) is 30.1 Å². The second kappa shape index (κ2) is 5.33. The number of aromatic nitrogens is 5. The van der Waals surface area contributed by atoms with Crippen molar-refractivity contribution in [3.8, 4) is 11.5 Å². The number of rotatable bonds is 4. The van der Waals surface area contributed by atoms with E-state index >= 15 is 0 Å². The highest BCUT2D eigenvalue weighted by atomic mass is 35.5. The van der Waals surface area contributed by atoms with Crippen LogP contribution in [0.2, 0.25) is 8.67 Å². The zero-order chi connectivity index (χ0) is 15.3. The maximum Gasteiger partial charge on any atom is 0.179 e. The Hall–Kier alpha value is -1.44. The highest BCUT2D eigenvalue weighted by Crippen LogP contribution is 2.39. The maximum atomic E-state index is 13.8. The van der Waals surface area contributed by atoms with Gasteiger partial charge >= 0.3 is 0 Å². The first kappa shape index (κ1) is 14.2. The van der Waals surface area contributed by atoms with Crippen LogP contribution in [0.15, 0.2) is 12.3 Å². The monoisotopic (exact) mass is 357 g/mol. The molecule has 1 aliphatic rings. The Bertz CT molecular complexity index is 835. The Kier molecular flexibility index (Phi) is 3.43. The van der Waals surface area contributed by atoms with Gasteiger partial charge in [-0.1, -0.05) is 23.2 Å². The zero-order valence-corrected chi connectivity index (χ0v) is 13.5. The summed E-state index contributed by atoms with van der Waals surface area (Å²) in [5.41, 5.74) is 1.07. The van der Waals surface area contributed by atoms with Gasteiger partial charge in [0.2, 0.25) is 0 Å². The highest BCUT2D eigenvalue weighted by molar-refractivity contribution is 7.20. The minimum Gasteiger partial charge on any atom is -0.272 e. The van der Waals surface area contributed by atoms with E-state index in [2.05, 4.69) is 20.3 Å². The molecule has 22 heavy (non-hydrogen) atoms. The first-order valence-corrected chi connectivity index (χ1v) is 8.26. The summed E-state index contributed by atoms with van der Waals surface area (Å²) >= 11 is 13.4. The summed E-state index contributed by atoms with van der Waals surface area (Å²) in [5.74, 6) is 1.08. The van der Waals surface area contributed by atoms with Crippen LogP contribution >= 0.6 is 34.5 Å². The van der Waals surface area contributed by atoms with Gasteiger partial charge in [0, 0.05) is 11.5 Å². The zero-order valence-electron chi connectivity index (χ0n) is 11.2. The number of thiophene rings is 1. The normalized spacial score (nSPS) is 14.7. The molecule has 0 atom stereocenters. The number of halogens is 3. The predicted octanol–water partition coefficient (Wildman–Crippen LogP) is 4.10. The fourth-order valence-corrected chi connectivity index (χ4v) is 3.71. The SMILES string of the molecule is Fc1cn[nH]c1-c1nc(C2CC2)nn1Cc1cc(Cl)sc1Cl. The van der Waals surface area contributed by atoms with Gasteiger partial charge in [-0.2, -0.15) is 10.2 Å². The number of H-pyrrole nitrogens is 1. The molecule has 0 bridgehead atoms. The van der Waals surface area contributed by atoms with E-state index in [0.29, 0.717) is 27.0 Å². The molecule has 0 amide bonds. The van der Waals surface area contributed by atoms with Crippen molar-refractivity contribution < 1.29 is 4.39 Å². The fraction of sp³-hybridized carbons (Fsp3) is 0.308. The van der Waals surface area contributed by atoms with Gasteiger partial charge < -0.3 is 0 Å². The summed E-state index contributed by atoms with van der Waals surface area (Å²) in [6, 6.07) is 1.79. The summed E-state index contributed by atoms with van der Waals surface area (Å²) in [5, 5.41) is 10.9. The molecule has 0 radical (unpaired) electrons. The first-order chi connectivity index (χ1) is 10.6. The van der Waals surface area contributed by atoms with Gasteiger partial charge in [0.05, 0.1) is 21.4 Å². The van der Waals surface area contributed by atoms with Gasteiger partial charge in [-0.3, -0.25) is 5.10 Å². The molecule has 0 unspecified atom stereocenters.